The summed E-state index contributed by atoms with van der Waals surface area (Å²) in [5.74, 6) is 1.13. The second kappa shape index (κ2) is 32.5. The van der Waals surface area contributed by atoms with E-state index in [1.165, 1.54) is 82.1 Å². The molecule has 0 spiro atoms. The van der Waals surface area contributed by atoms with Crippen LogP contribution in [0.2, 0.25) is 0 Å². The minimum Gasteiger partial charge on any atom is -0.466 e. The summed E-state index contributed by atoms with van der Waals surface area (Å²) in [5.41, 5.74) is 2.75. The molecule has 0 rings (SSSR count). The Balaban J connectivity index is 4.01. The third kappa shape index (κ3) is 34.2. The van der Waals surface area contributed by atoms with Crippen LogP contribution in [-0.2, 0) is 19.1 Å². The number of hydrogen-bond acceptors (Lipinski definition) is 6. The predicted molar refractivity (Wildman–Crippen MR) is 206 cm³/mol. The largest absolute Gasteiger partial charge is 0.466 e. The van der Waals surface area contributed by atoms with E-state index in [4.69, 9.17) is 9.47 Å². The highest BCUT2D eigenvalue weighted by Gasteiger charge is 2.09. The lowest BCUT2D eigenvalue weighted by Crippen LogP contribution is -2.28. The number of unbranched alkanes of at least 4 members (excludes halogenated alkanes) is 9. The fourth-order valence-corrected chi connectivity index (χ4v) is 5.86. The van der Waals surface area contributed by atoms with Crippen LogP contribution in [0, 0.1) is 11.8 Å². The summed E-state index contributed by atoms with van der Waals surface area (Å²) in [6, 6.07) is 0. The Morgan fingerprint density at radius 1 is 0.521 bits per heavy atom. The number of ether oxygens (including phenoxy) is 2. The van der Waals surface area contributed by atoms with Crippen molar-refractivity contribution < 1.29 is 19.1 Å². The van der Waals surface area contributed by atoms with Gasteiger partial charge in [0.05, 0.1) is 13.2 Å². The van der Waals surface area contributed by atoms with Gasteiger partial charge in [-0.05, 0) is 157 Å². The highest BCUT2D eigenvalue weighted by molar-refractivity contribution is 5.69. The first-order valence-electron chi connectivity index (χ1n) is 19.9. The van der Waals surface area contributed by atoms with Crippen LogP contribution in [0.5, 0.6) is 0 Å². The van der Waals surface area contributed by atoms with Gasteiger partial charge in [-0.15, -0.1) is 0 Å². The smallest absolute Gasteiger partial charge is 0.305 e. The summed E-state index contributed by atoms with van der Waals surface area (Å²) >= 11 is 0. The molecule has 6 nitrogen and oxygen atoms in total. The van der Waals surface area contributed by atoms with Gasteiger partial charge in [0.25, 0.3) is 0 Å². The van der Waals surface area contributed by atoms with Crippen LogP contribution in [0.15, 0.2) is 23.3 Å². The van der Waals surface area contributed by atoms with Gasteiger partial charge in [0, 0.05) is 12.8 Å². The first kappa shape index (κ1) is 46.3. The van der Waals surface area contributed by atoms with Crippen molar-refractivity contribution in [3.63, 3.8) is 0 Å². The van der Waals surface area contributed by atoms with Crippen LogP contribution in [0.3, 0.4) is 0 Å². The van der Waals surface area contributed by atoms with E-state index in [1.54, 1.807) is 0 Å². The van der Waals surface area contributed by atoms with Gasteiger partial charge in [-0.2, -0.15) is 0 Å². The Hall–Kier alpha value is -1.66. The Bertz CT molecular complexity index is 769. The van der Waals surface area contributed by atoms with E-state index >= 15 is 0 Å². The molecule has 0 fully saturated rings. The zero-order valence-electron chi connectivity index (χ0n) is 33.2. The summed E-state index contributed by atoms with van der Waals surface area (Å²) in [7, 11) is 4.31. The van der Waals surface area contributed by atoms with E-state index < -0.39 is 0 Å². The topological polar surface area (TPSA) is 59.1 Å². The molecule has 48 heavy (non-hydrogen) atoms. The van der Waals surface area contributed by atoms with Crippen molar-refractivity contribution in [2.45, 2.75) is 170 Å². The normalized spacial score (nSPS) is 12.6. The number of esters is 2. The number of hydrogen-bond donors (Lipinski definition) is 0. The fourth-order valence-electron chi connectivity index (χ4n) is 5.86. The molecule has 0 aromatic carbocycles. The molecule has 0 heterocycles. The zero-order valence-corrected chi connectivity index (χ0v) is 33.2. The average molecular weight is 677 g/mol. The maximum atomic E-state index is 12.1. The molecule has 0 saturated carbocycles. The Morgan fingerprint density at radius 3 is 1.27 bits per heavy atom. The molecule has 0 radical (unpaired) electrons. The van der Waals surface area contributed by atoms with Gasteiger partial charge in [0.2, 0.25) is 0 Å². The van der Waals surface area contributed by atoms with Gasteiger partial charge in [0.15, 0.2) is 0 Å². The van der Waals surface area contributed by atoms with Crippen molar-refractivity contribution in [2.75, 3.05) is 53.5 Å². The molecular formula is C42H80N2O4. The molecule has 0 aliphatic heterocycles. The molecule has 0 aliphatic carbocycles. The summed E-state index contributed by atoms with van der Waals surface area (Å²) in [6.07, 6.45) is 26.1. The van der Waals surface area contributed by atoms with Gasteiger partial charge in [0.1, 0.15) is 0 Å². The van der Waals surface area contributed by atoms with Crippen LogP contribution in [0.1, 0.15) is 170 Å². The van der Waals surface area contributed by atoms with Crippen molar-refractivity contribution in [3.8, 4) is 0 Å². The maximum Gasteiger partial charge on any atom is 0.305 e. The molecule has 0 aromatic heterocycles. The number of allylic oxidation sites excluding steroid dienone is 4. The molecule has 2 unspecified atom stereocenters. The van der Waals surface area contributed by atoms with Crippen molar-refractivity contribution in [2.24, 2.45) is 11.8 Å². The van der Waals surface area contributed by atoms with Crippen LogP contribution < -0.4 is 0 Å². The fraction of sp³-hybridized carbons (Fsp3) is 0.857. The van der Waals surface area contributed by atoms with E-state index in [1.807, 2.05) is 0 Å². The van der Waals surface area contributed by atoms with Crippen LogP contribution in [0.25, 0.3) is 0 Å². The van der Waals surface area contributed by atoms with Crippen molar-refractivity contribution in [1.82, 2.24) is 9.80 Å². The van der Waals surface area contributed by atoms with Gasteiger partial charge in [-0.1, -0.05) is 75.7 Å². The van der Waals surface area contributed by atoms with Crippen LogP contribution in [-0.4, -0.2) is 75.2 Å². The SMILES string of the molecule is CC(C)=CCCC(C)CCOC(=O)CCCCCCCN(CCCCCCCC(=O)OCCC(C)CCC=C(C)C)CCCCN(C)C. The third-order valence-electron chi connectivity index (χ3n) is 9.21. The molecule has 0 N–H and O–H groups in total. The summed E-state index contributed by atoms with van der Waals surface area (Å²) in [6.45, 7) is 18.9. The van der Waals surface area contributed by atoms with E-state index in [2.05, 4.69) is 77.6 Å². The van der Waals surface area contributed by atoms with Gasteiger partial charge in [-0.25, -0.2) is 0 Å². The van der Waals surface area contributed by atoms with Gasteiger partial charge < -0.3 is 19.3 Å². The molecule has 0 aromatic rings. The number of rotatable bonds is 33. The Kier molecular flexibility index (Phi) is 31.4. The van der Waals surface area contributed by atoms with E-state index in [0.717, 1.165) is 70.8 Å². The zero-order chi connectivity index (χ0) is 35.8. The number of carbonyl (C=O) groups excluding carboxylic acids is 2. The molecule has 6 heteroatoms. The molecule has 0 saturated heterocycles. The predicted octanol–water partition coefficient (Wildman–Crippen LogP) is 10.9. The second-order valence-electron chi connectivity index (χ2n) is 15.3. The Labute approximate surface area is 298 Å². The van der Waals surface area contributed by atoms with Crippen molar-refractivity contribution >= 4 is 11.9 Å². The molecule has 0 aliphatic rings. The molecule has 0 bridgehead atoms. The highest BCUT2D eigenvalue weighted by Crippen LogP contribution is 2.15. The van der Waals surface area contributed by atoms with Crippen LogP contribution in [0.4, 0.5) is 0 Å². The Morgan fingerprint density at radius 2 is 0.875 bits per heavy atom. The molecule has 282 valence electrons. The number of carbonyl (C=O) groups is 2. The molecular weight excluding hydrogens is 596 g/mol. The first-order chi connectivity index (χ1) is 23.0. The summed E-state index contributed by atoms with van der Waals surface area (Å²) in [5, 5.41) is 0. The van der Waals surface area contributed by atoms with E-state index in [9.17, 15) is 9.59 Å². The lowest BCUT2D eigenvalue weighted by atomic mass is 10.0. The summed E-state index contributed by atoms with van der Waals surface area (Å²) in [4.78, 5) is 29.2. The third-order valence-corrected chi connectivity index (χ3v) is 9.21. The minimum atomic E-state index is -0.0262. The monoisotopic (exact) mass is 677 g/mol. The standard InChI is InChI=1S/C42H80N2O4/c1-37(2)23-21-25-39(5)29-35-47-41(45)27-15-11-9-13-17-32-44(34-20-19-31-43(7)8)33-18-14-10-12-16-28-42(46)48-36-30-40(6)26-22-24-38(3)4/h23-24,39-40H,9-22,25-36H2,1-8H3. The second-order valence-corrected chi connectivity index (χ2v) is 15.3. The quantitative estimate of drug-likeness (QED) is 0.0392. The average Bonchev–Trinajstić information content (AvgIpc) is 3.01. The first-order valence-corrected chi connectivity index (χ1v) is 19.9. The maximum absolute atomic E-state index is 12.1. The van der Waals surface area contributed by atoms with E-state index in [-0.39, 0.29) is 11.9 Å². The number of nitrogens with zero attached hydrogens (tertiary/aromatic N) is 2. The summed E-state index contributed by atoms with van der Waals surface area (Å²) < 4.78 is 11.0. The van der Waals surface area contributed by atoms with Gasteiger partial charge in [-0.3, -0.25) is 9.59 Å². The van der Waals surface area contributed by atoms with Crippen LogP contribution >= 0.6 is 0 Å². The highest BCUT2D eigenvalue weighted by atomic mass is 16.5. The van der Waals surface area contributed by atoms with E-state index in [0.29, 0.717) is 37.9 Å². The van der Waals surface area contributed by atoms with Gasteiger partial charge >= 0.3 is 11.9 Å². The molecule has 2 atom stereocenters. The lowest BCUT2D eigenvalue weighted by Gasteiger charge is -2.23. The molecule has 0 amide bonds. The van der Waals surface area contributed by atoms with Crippen molar-refractivity contribution in [3.05, 3.63) is 23.3 Å². The minimum absolute atomic E-state index is 0.0262. The van der Waals surface area contributed by atoms with Crippen molar-refractivity contribution in [1.29, 1.82) is 0 Å². The lowest BCUT2D eigenvalue weighted by molar-refractivity contribution is -0.145.